The average Bonchev–Trinajstić information content (AvgIpc) is 2.99. The highest BCUT2D eigenvalue weighted by Gasteiger charge is 2.52. The molecule has 0 saturated carbocycles. The van der Waals surface area contributed by atoms with Crippen LogP contribution in [0.1, 0.15) is 38.1 Å². The summed E-state index contributed by atoms with van der Waals surface area (Å²) in [4.78, 5) is 39.4. The number of benzene rings is 3. The SMILES string of the molecule is Cc1cc(=O)c2c(O)cc(O)c([C@@H]3O[C@H](CO)[C@@H](O)[C@H](OC(=O)c4cc(O)c(O)c(O)c4)[C@H]3OC(=O)c3cc(O)c(O)c(O)c3)c2o1. The van der Waals surface area contributed by atoms with Crippen LogP contribution in [0.3, 0.4) is 0 Å². The zero-order chi connectivity index (χ0) is 34.5. The highest BCUT2D eigenvalue weighted by molar-refractivity contribution is 5.93. The fourth-order valence-electron chi connectivity index (χ4n) is 5.11. The molecule has 0 radical (unpaired) electrons. The summed E-state index contributed by atoms with van der Waals surface area (Å²) in [6.45, 7) is 0.398. The molecule has 1 aliphatic rings. The Labute approximate surface area is 261 Å². The molecule has 1 fully saturated rings. The van der Waals surface area contributed by atoms with E-state index in [1.54, 1.807) is 0 Å². The highest BCUT2D eigenvalue weighted by atomic mass is 16.6. The van der Waals surface area contributed by atoms with Crippen molar-refractivity contribution in [2.75, 3.05) is 6.61 Å². The van der Waals surface area contributed by atoms with Gasteiger partial charge in [0, 0.05) is 12.1 Å². The Bertz CT molecular complexity index is 1920. The Hall–Kier alpha value is -5.91. The van der Waals surface area contributed by atoms with Crippen LogP contribution in [0.2, 0.25) is 0 Å². The minimum atomic E-state index is -2.05. The topological polar surface area (TPSA) is 294 Å². The van der Waals surface area contributed by atoms with E-state index in [1.165, 1.54) is 6.92 Å². The first-order valence-electron chi connectivity index (χ1n) is 13.5. The lowest BCUT2D eigenvalue weighted by Crippen LogP contribution is -2.58. The maximum atomic E-state index is 13.4. The van der Waals surface area contributed by atoms with Gasteiger partial charge in [-0.25, -0.2) is 9.59 Å². The maximum Gasteiger partial charge on any atom is 0.338 e. The number of esters is 2. The summed E-state index contributed by atoms with van der Waals surface area (Å²) in [6.07, 6.45) is -9.65. The van der Waals surface area contributed by atoms with Gasteiger partial charge in [0.15, 0.2) is 57.7 Å². The number of aliphatic hydroxyl groups is 2. The van der Waals surface area contributed by atoms with E-state index in [2.05, 4.69) is 0 Å². The van der Waals surface area contributed by atoms with Gasteiger partial charge in [-0.2, -0.15) is 0 Å². The molecule has 0 spiro atoms. The van der Waals surface area contributed by atoms with Gasteiger partial charge in [-0.05, 0) is 31.2 Å². The highest BCUT2D eigenvalue weighted by Crippen LogP contribution is 2.45. The Morgan fingerprint density at radius 1 is 0.723 bits per heavy atom. The van der Waals surface area contributed by atoms with Crippen molar-refractivity contribution >= 4 is 22.9 Å². The number of rotatable bonds is 6. The normalized spacial score (nSPS) is 21.0. The van der Waals surface area contributed by atoms with Crippen LogP contribution >= 0.6 is 0 Å². The fourth-order valence-corrected chi connectivity index (χ4v) is 5.11. The van der Waals surface area contributed by atoms with E-state index < -0.39 is 128 Å². The van der Waals surface area contributed by atoms with Gasteiger partial charge in [-0.3, -0.25) is 4.79 Å². The zero-order valence-electron chi connectivity index (χ0n) is 23.9. The fraction of sp³-hybridized carbons (Fsp3) is 0.233. The Kier molecular flexibility index (Phi) is 8.38. The van der Waals surface area contributed by atoms with E-state index in [0.29, 0.717) is 24.3 Å². The lowest BCUT2D eigenvalue weighted by Gasteiger charge is -2.43. The molecule has 5 atom stereocenters. The first-order chi connectivity index (χ1) is 22.1. The number of carbonyl (C=O) groups excluding carboxylic acids is 2. The van der Waals surface area contributed by atoms with Crippen molar-refractivity contribution in [1.29, 1.82) is 0 Å². The van der Waals surface area contributed by atoms with Crippen LogP contribution in [0.25, 0.3) is 11.0 Å². The standard InChI is InChI=1S/C30H26O17/c1-9-2-12(32)20-13(33)7-14(34)21(25(20)44-9)26-28(47-30(43)11-5-17(37)23(40)18(38)6-11)27(24(41)19(8-31)45-26)46-29(42)10-3-15(35)22(39)16(36)4-10/h2-7,19,24,26-28,31,33-41H,8H2,1H3/t19-,24-,26+,27+,28+/m1/s1. The second-order valence-electron chi connectivity index (χ2n) is 10.5. The molecule has 0 aliphatic carbocycles. The summed E-state index contributed by atoms with van der Waals surface area (Å²) in [5, 5.41) is 101. The van der Waals surface area contributed by atoms with Crippen molar-refractivity contribution in [3.8, 4) is 46.0 Å². The Morgan fingerprint density at radius 3 is 1.70 bits per heavy atom. The largest absolute Gasteiger partial charge is 0.507 e. The third-order valence-corrected chi connectivity index (χ3v) is 7.34. The Balaban J connectivity index is 1.69. The number of phenolic OH excluding ortho intramolecular Hbond substituents is 8. The van der Waals surface area contributed by atoms with E-state index in [-0.39, 0.29) is 5.76 Å². The van der Waals surface area contributed by atoms with Gasteiger partial charge >= 0.3 is 11.9 Å². The number of hydrogen-bond acceptors (Lipinski definition) is 17. The van der Waals surface area contributed by atoms with Gasteiger partial charge in [0.05, 0.1) is 23.3 Å². The lowest BCUT2D eigenvalue weighted by molar-refractivity contribution is -0.231. The molecule has 1 saturated heterocycles. The van der Waals surface area contributed by atoms with Crippen LogP contribution in [-0.4, -0.2) is 94.0 Å². The first-order valence-corrected chi connectivity index (χ1v) is 13.5. The summed E-state index contributed by atoms with van der Waals surface area (Å²) in [5.74, 6) is -10.0. The van der Waals surface area contributed by atoms with Gasteiger partial charge in [0.1, 0.15) is 41.0 Å². The van der Waals surface area contributed by atoms with Gasteiger partial charge < -0.3 is 69.7 Å². The van der Waals surface area contributed by atoms with E-state index in [1.807, 2.05) is 0 Å². The number of hydrogen-bond donors (Lipinski definition) is 10. The van der Waals surface area contributed by atoms with Crippen LogP contribution in [-0.2, 0) is 14.2 Å². The summed E-state index contributed by atoms with van der Waals surface area (Å²) in [5.41, 5.74) is -2.89. The zero-order valence-corrected chi connectivity index (χ0v) is 23.9. The van der Waals surface area contributed by atoms with Crippen LogP contribution in [0, 0.1) is 6.92 Å². The molecule has 1 aromatic heterocycles. The molecule has 0 amide bonds. The molecule has 47 heavy (non-hydrogen) atoms. The van der Waals surface area contributed by atoms with Crippen LogP contribution in [0.5, 0.6) is 46.0 Å². The molecule has 0 bridgehead atoms. The van der Waals surface area contributed by atoms with E-state index in [4.69, 9.17) is 18.6 Å². The number of ether oxygens (including phenoxy) is 3. The van der Waals surface area contributed by atoms with Crippen molar-refractivity contribution in [1.82, 2.24) is 0 Å². The Morgan fingerprint density at radius 2 is 1.21 bits per heavy atom. The summed E-state index contributed by atoms with van der Waals surface area (Å²) < 4.78 is 22.4. The lowest BCUT2D eigenvalue weighted by atomic mass is 9.89. The minimum Gasteiger partial charge on any atom is -0.507 e. The van der Waals surface area contributed by atoms with Crippen LogP contribution < -0.4 is 5.43 Å². The molecular formula is C30H26O17. The summed E-state index contributed by atoms with van der Waals surface area (Å²) in [7, 11) is 0. The van der Waals surface area contributed by atoms with Gasteiger partial charge in [-0.1, -0.05) is 0 Å². The molecule has 0 unspecified atom stereocenters. The molecule has 17 heteroatoms. The first kappa shape index (κ1) is 32.5. The van der Waals surface area contributed by atoms with Gasteiger partial charge in [-0.15, -0.1) is 0 Å². The number of aryl methyl sites for hydroxylation is 1. The van der Waals surface area contributed by atoms with Crippen LogP contribution in [0.15, 0.2) is 45.6 Å². The number of aliphatic hydroxyl groups excluding tert-OH is 2. The third-order valence-electron chi connectivity index (χ3n) is 7.34. The summed E-state index contributed by atoms with van der Waals surface area (Å²) >= 11 is 0. The third kappa shape index (κ3) is 5.81. The molecule has 2 heterocycles. The quantitative estimate of drug-likeness (QED) is 0.102. The van der Waals surface area contributed by atoms with Gasteiger partial charge in [0.2, 0.25) is 0 Å². The van der Waals surface area contributed by atoms with Crippen molar-refractivity contribution in [2.24, 2.45) is 0 Å². The molecule has 1 aliphatic heterocycles. The van der Waals surface area contributed by atoms with Crippen molar-refractivity contribution in [3.63, 3.8) is 0 Å². The maximum absolute atomic E-state index is 13.4. The monoisotopic (exact) mass is 658 g/mol. The predicted molar refractivity (Wildman–Crippen MR) is 153 cm³/mol. The number of fused-ring (bicyclic) bond motifs is 1. The number of aromatic hydroxyl groups is 8. The van der Waals surface area contributed by atoms with E-state index >= 15 is 0 Å². The van der Waals surface area contributed by atoms with Crippen molar-refractivity contribution in [3.05, 3.63) is 69.1 Å². The molecule has 17 nitrogen and oxygen atoms in total. The molecule has 248 valence electrons. The second-order valence-corrected chi connectivity index (χ2v) is 10.5. The molecule has 3 aromatic carbocycles. The number of carbonyl (C=O) groups is 2. The van der Waals surface area contributed by atoms with E-state index in [9.17, 15) is 65.4 Å². The molecule has 5 rings (SSSR count). The molecule has 4 aromatic rings. The summed E-state index contributed by atoms with van der Waals surface area (Å²) in [6, 6.07) is 4.56. The van der Waals surface area contributed by atoms with Crippen molar-refractivity contribution < 1.29 is 79.3 Å². The van der Waals surface area contributed by atoms with Crippen molar-refractivity contribution in [2.45, 2.75) is 37.4 Å². The second kappa shape index (κ2) is 12.1. The smallest absolute Gasteiger partial charge is 0.338 e. The predicted octanol–water partition coefficient (Wildman–Crippen LogP) is 0.991. The number of phenols is 8. The minimum absolute atomic E-state index is 0.0122. The van der Waals surface area contributed by atoms with Crippen LogP contribution in [0.4, 0.5) is 0 Å². The van der Waals surface area contributed by atoms with E-state index in [0.717, 1.165) is 12.1 Å². The molecular weight excluding hydrogens is 632 g/mol. The average molecular weight is 659 g/mol. The molecule has 10 N–H and O–H groups in total. The van der Waals surface area contributed by atoms with Gasteiger partial charge in [0.25, 0.3) is 0 Å².